The first-order chi connectivity index (χ1) is 8.54. The van der Waals surface area contributed by atoms with Gasteiger partial charge < -0.3 is 19.3 Å². The summed E-state index contributed by atoms with van der Waals surface area (Å²) in [6, 6.07) is -0.836. The van der Waals surface area contributed by atoms with Gasteiger partial charge in [0.2, 0.25) is 0 Å². The summed E-state index contributed by atoms with van der Waals surface area (Å²) in [5, 5.41) is 9.14. The van der Waals surface area contributed by atoms with Crippen molar-refractivity contribution in [2.75, 3.05) is 13.7 Å². The molecule has 1 amide bonds. The molecule has 2 heterocycles. The molecule has 2 unspecified atom stereocenters. The van der Waals surface area contributed by atoms with Crippen LogP contribution >= 0.6 is 0 Å². The lowest BCUT2D eigenvalue weighted by atomic mass is 10.2. The molecule has 0 aliphatic carbocycles. The highest BCUT2D eigenvalue weighted by atomic mass is 16.5. The highest BCUT2D eigenvalue weighted by Gasteiger charge is 2.40. The summed E-state index contributed by atoms with van der Waals surface area (Å²) >= 11 is 0. The zero-order chi connectivity index (χ0) is 13.3. The maximum Gasteiger partial charge on any atom is 0.326 e. The third-order valence-corrected chi connectivity index (χ3v) is 3.18. The molecule has 1 aliphatic heterocycles. The van der Waals surface area contributed by atoms with Gasteiger partial charge in [0.05, 0.1) is 18.6 Å². The van der Waals surface area contributed by atoms with Crippen LogP contribution in [0.3, 0.4) is 0 Å². The van der Waals surface area contributed by atoms with E-state index in [9.17, 15) is 9.59 Å². The number of hydrogen-bond donors (Lipinski definition) is 1. The van der Waals surface area contributed by atoms with Crippen molar-refractivity contribution in [2.45, 2.75) is 18.6 Å². The van der Waals surface area contributed by atoms with Crippen molar-refractivity contribution in [3.05, 3.63) is 18.2 Å². The highest BCUT2D eigenvalue weighted by Crippen LogP contribution is 2.22. The molecule has 1 N–H and O–H groups in total. The Morgan fingerprint density at radius 1 is 1.56 bits per heavy atom. The molecule has 1 aromatic rings. The van der Waals surface area contributed by atoms with Gasteiger partial charge in [0.15, 0.2) is 0 Å². The van der Waals surface area contributed by atoms with Gasteiger partial charge in [0.25, 0.3) is 5.91 Å². The van der Waals surface area contributed by atoms with Crippen LogP contribution in [0.2, 0.25) is 0 Å². The number of aromatic nitrogens is 2. The van der Waals surface area contributed by atoms with Crippen molar-refractivity contribution in [1.29, 1.82) is 0 Å². The number of carbonyl (C=O) groups is 2. The lowest BCUT2D eigenvalue weighted by Crippen LogP contribution is -2.41. The van der Waals surface area contributed by atoms with Crippen LogP contribution in [0, 0.1) is 0 Å². The Labute approximate surface area is 104 Å². The largest absolute Gasteiger partial charge is 0.480 e. The second-order valence-electron chi connectivity index (χ2n) is 4.29. The van der Waals surface area contributed by atoms with Gasteiger partial charge in [0, 0.05) is 27.1 Å². The number of amides is 1. The van der Waals surface area contributed by atoms with Gasteiger partial charge in [0.1, 0.15) is 11.7 Å². The smallest absolute Gasteiger partial charge is 0.326 e. The maximum absolute atomic E-state index is 12.3. The van der Waals surface area contributed by atoms with E-state index in [-0.39, 0.29) is 18.6 Å². The number of aliphatic carboxylic acids is 1. The average molecular weight is 253 g/mol. The molecule has 0 saturated carbocycles. The highest BCUT2D eigenvalue weighted by molar-refractivity contribution is 5.95. The molecule has 98 valence electrons. The fraction of sp³-hybridized carbons (Fsp3) is 0.545. The van der Waals surface area contributed by atoms with E-state index in [1.807, 2.05) is 0 Å². The number of carbonyl (C=O) groups excluding carboxylic acids is 1. The molecule has 7 nitrogen and oxygen atoms in total. The van der Waals surface area contributed by atoms with Gasteiger partial charge in [-0.25, -0.2) is 9.78 Å². The van der Waals surface area contributed by atoms with Crippen LogP contribution in [0.1, 0.15) is 16.9 Å². The van der Waals surface area contributed by atoms with E-state index in [1.165, 1.54) is 24.5 Å². The van der Waals surface area contributed by atoms with E-state index in [0.29, 0.717) is 12.1 Å². The molecular formula is C11H15N3O4. The summed E-state index contributed by atoms with van der Waals surface area (Å²) in [5.41, 5.74) is 0.373. The summed E-state index contributed by atoms with van der Waals surface area (Å²) in [6.45, 7) is 0.289. The van der Waals surface area contributed by atoms with Crippen molar-refractivity contribution in [3.63, 3.8) is 0 Å². The van der Waals surface area contributed by atoms with Crippen LogP contribution in [-0.4, -0.2) is 57.2 Å². The third-order valence-electron chi connectivity index (χ3n) is 3.18. The topological polar surface area (TPSA) is 84.7 Å². The summed E-state index contributed by atoms with van der Waals surface area (Å²) in [6.07, 6.45) is 3.02. The first-order valence-electron chi connectivity index (χ1n) is 5.57. The molecule has 7 heteroatoms. The summed E-state index contributed by atoms with van der Waals surface area (Å²) in [4.78, 5) is 28.6. The number of carboxylic acid groups (broad SMARTS) is 1. The van der Waals surface area contributed by atoms with E-state index in [2.05, 4.69) is 4.98 Å². The Hall–Kier alpha value is -1.89. The van der Waals surface area contributed by atoms with Gasteiger partial charge in [-0.05, 0) is 0 Å². The molecule has 18 heavy (non-hydrogen) atoms. The number of methoxy groups -OCH3 is 1. The van der Waals surface area contributed by atoms with Crippen LogP contribution in [0.4, 0.5) is 0 Å². The van der Waals surface area contributed by atoms with Crippen LogP contribution in [0.15, 0.2) is 12.5 Å². The summed E-state index contributed by atoms with van der Waals surface area (Å²) in [7, 11) is 3.21. The van der Waals surface area contributed by atoms with Crippen molar-refractivity contribution >= 4 is 11.9 Å². The van der Waals surface area contributed by atoms with Crippen molar-refractivity contribution in [1.82, 2.24) is 14.5 Å². The molecular weight excluding hydrogens is 238 g/mol. The lowest BCUT2D eigenvalue weighted by Gasteiger charge is -2.21. The van der Waals surface area contributed by atoms with Crippen LogP contribution < -0.4 is 0 Å². The van der Waals surface area contributed by atoms with E-state index in [1.54, 1.807) is 11.6 Å². The molecule has 1 aromatic heterocycles. The number of aryl methyl sites for hydroxylation is 1. The minimum atomic E-state index is -1.01. The molecule has 0 spiro atoms. The van der Waals surface area contributed by atoms with E-state index in [0.717, 1.165) is 0 Å². The van der Waals surface area contributed by atoms with Crippen molar-refractivity contribution < 1.29 is 19.4 Å². The number of carboxylic acids is 1. The lowest BCUT2D eigenvalue weighted by molar-refractivity contribution is -0.141. The van der Waals surface area contributed by atoms with E-state index in [4.69, 9.17) is 9.84 Å². The fourth-order valence-corrected chi connectivity index (χ4v) is 2.14. The Morgan fingerprint density at radius 3 is 2.78 bits per heavy atom. The first kappa shape index (κ1) is 12.6. The number of ether oxygens (including phenoxy) is 1. The molecule has 1 aliphatic rings. The van der Waals surface area contributed by atoms with Gasteiger partial charge in [-0.1, -0.05) is 0 Å². The Morgan fingerprint density at radius 2 is 2.28 bits per heavy atom. The third kappa shape index (κ3) is 2.08. The predicted molar refractivity (Wildman–Crippen MR) is 61.1 cm³/mol. The first-order valence-corrected chi connectivity index (χ1v) is 5.57. The van der Waals surface area contributed by atoms with E-state index < -0.39 is 12.0 Å². The molecule has 1 saturated heterocycles. The van der Waals surface area contributed by atoms with Crippen LogP contribution in [0.5, 0.6) is 0 Å². The molecule has 0 radical (unpaired) electrons. The van der Waals surface area contributed by atoms with E-state index >= 15 is 0 Å². The second-order valence-corrected chi connectivity index (χ2v) is 4.29. The fourth-order valence-electron chi connectivity index (χ4n) is 2.14. The van der Waals surface area contributed by atoms with Gasteiger partial charge in [-0.3, -0.25) is 4.79 Å². The Bertz CT molecular complexity index is 471. The summed E-state index contributed by atoms with van der Waals surface area (Å²) < 4.78 is 6.71. The van der Waals surface area contributed by atoms with Crippen molar-refractivity contribution in [3.8, 4) is 0 Å². The monoisotopic (exact) mass is 253 g/mol. The average Bonchev–Trinajstić information content (AvgIpc) is 2.93. The number of rotatable bonds is 3. The predicted octanol–water partition coefficient (Wildman–Crippen LogP) is -0.266. The molecule has 1 fully saturated rings. The maximum atomic E-state index is 12.3. The second kappa shape index (κ2) is 4.77. The minimum absolute atomic E-state index is 0.233. The molecule has 0 aromatic carbocycles. The number of nitrogens with zero attached hydrogens (tertiary/aromatic N) is 3. The van der Waals surface area contributed by atoms with Crippen LogP contribution in [-0.2, 0) is 16.6 Å². The Balaban J connectivity index is 2.23. The number of imidazole rings is 1. The van der Waals surface area contributed by atoms with Crippen LogP contribution in [0.25, 0.3) is 0 Å². The zero-order valence-electron chi connectivity index (χ0n) is 10.2. The van der Waals surface area contributed by atoms with Gasteiger partial charge in [-0.15, -0.1) is 0 Å². The normalized spacial score (nSPS) is 23.3. The quantitative estimate of drug-likeness (QED) is 0.801. The zero-order valence-corrected chi connectivity index (χ0v) is 10.2. The molecule has 2 rings (SSSR count). The molecule has 2 atom stereocenters. The SMILES string of the molecule is COC1CC(C(=O)O)N(C(=O)c2cncn2C)C1. The van der Waals surface area contributed by atoms with Crippen molar-refractivity contribution in [2.24, 2.45) is 7.05 Å². The summed E-state index contributed by atoms with van der Waals surface area (Å²) in [5.74, 6) is -1.34. The molecule has 0 bridgehead atoms. The Kier molecular flexibility index (Phi) is 3.33. The standard InChI is InChI=1S/C11H15N3O4/c1-13-6-12-4-9(13)10(15)14-5-7(18-2)3-8(14)11(16)17/h4,6-8H,3,5H2,1-2H3,(H,16,17). The van der Waals surface area contributed by atoms with Gasteiger partial charge >= 0.3 is 5.97 Å². The minimum Gasteiger partial charge on any atom is -0.480 e. The van der Waals surface area contributed by atoms with Gasteiger partial charge in [-0.2, -0.15) is 0 Å². The number of likely N-dealkylation sites (tertiary alicyclic amines) is 1. The number of hydrogen-bond acceptors (Lipinski definition) is 4.